The second-order valence-corrected chi connectivity index (χ2v) is 10.5. The zero-order valence-corrected chi connectivity index (χ0v) is 21.6. The van der Waals surface area contributed by atoms with Gasteiger partial charge in [0.2, 0.25) is 21.8 Å². The first-order chi connectivity index (χ1) is 15.5. The molecule has 0 bridgehead atoms. The summed E-state index contributed by atoms with van der Waals surface area (Å²) in [6.07, 6.45) is 1.35. The van der Waals surface area contributed by atoms with E-state index in [1.807, 2.05) is 0 Å². The number of nitrogens with zero attached hydrogens (tertiary/aromatic N) is 2. The summed E-state index contributed by atoms with van der Waals surface area (Å²) in [4.78, 5) is 27.5. The van der Waals surface area contributed by atoms with E-state index in [0.717, 1.165) is 10.6 Å². The highest BCUT2D eigenvalue weighted by Gasteiger charge is 2.31. The molecule has 0 aliphatic heterocycles. The van der Waals surface area contributed by atoms with Crippen LogP contribution < -0.4 is 9.62 Å². The zero-order chi connectivity index (χ0) is 24.8. The van der Waals surface area contributed by atoms with Gasteiger partial charge in [0.15, 0.2) is 0 Å². The van der Waals surface area contributed by atoms with Gasteiger partial charge in [0, 0.05) is 18.1 Å². The first-order valence-corrected chi connectivity index (χ1v) is 13.2. The lowest BCUT2D eigenvalue weighted by Crippen LogP contribution is -2.52. The van der Waals surface area contributed by atoms with Gasteiger partial charge >= 0.3 is 0 Å². The highest BCUT2D eigenvalue weighted by atomic mass is 35.5. The lowest BCUT2D eigenvalue weighted by Gasteiger charge is -2.32. The predicted octanol–water partition coefficient (Wildman–Crippen LogP) is 4.36. The molecule has 11 heteroatoms. The van der Waals surface area contributed by atoms with Crippen LogP contribution in [0.2, 0.25) is 15.1 Å². The molecular weight excluding hydrogens is 509 g/mol. The lowest BCUT2D eigenvalue weighted by molar-refractivity contribution is -0.140. The standard InChI is InChI=1S/C22H26Cl3N3O4S/c1-4-20(22(30)26-5-2)27(13-15-6-11-18(24)19(25)12-15)21(29)14-28(33(3,31)32)17-9-7-16(23)8-10-17/h6-12,20H,4-5,13-14H2,1-3H3,(H,26,30). The molecule has 2 aromatic rings. The van der Waals surface area contributed by atoms with E-state index >= 15 is 0 Å². The Bertz CT molecular complexity index is 1090. The number of hydrogen-bond donors (Lipinski definition) is 1. The van der Waals surface area contributed by atoms with E-state index < -0.39 is 28.5 Å². The maximum Gasteiger partial charge on any atom is 0.244 e. The van der Waals surface area contributed by atoms with Gasteiger partial charge in [0.25, 0.3) is 0 Å². The van der Waals surface area contributed by atoms with Gasteiger partial charge in [0.05, 0.1) is 22.0 Å². The largest absolute Gasteiger partial charge is 0.355 e. The molecule has 0 radical (unpaired) electrons. The van der Waals surface area contributed by atoms with Gasteiger partial charge in [-0.05, 0) is 55.3 Å². The van der Waals surface area contributed by atoms with Gasteiger partial charge in [-0.1, -0.05) is 47.8 Å². The summed E-state index contributed by atoms with van der Waals surface area (Å²) >= 11 is 18.0. The molecule has 0 aliphatic carbocycles. The fourth-order valence-electron chi connectivity index (χ4n) is 3.27. The number of nitrogens with one attached hydrogen (secondary N) is 1. The van der Waals surface area contributed by atoms with Crippen molar-refractivity contribution < 1.29 is 18.0 Å². The molecule has 2 amide bonds. The molecule has 1 atom stereocenters. The number of carbonyl (C=O) groups excluding carboxylic acids is 2. The molecule has 2 rings (SSSR count). The molecule has 0 fully saturated rings. The van der Waals surface area contributed by atoms with Crippen molar-refractivity contribution in [1.82, 2.24) is 10.2 Å². The van der Waals surface area contributed by atoms with E-state index in [1.54, 1.807) is 32.0 Å². The number of likely N-dealkylation sites (N-methyl/N-ethyl adjacent to an activating group) is 1. The van der Waals surface area contributed by atoms with Crippen LogP contribution in [0.5, 0.6) is 0 Å². The molecule has 0 heterocycles. The number of amides is 2. The summed E-state index contributed by atoms with van der Waals surface area (Å²) in [7, 11) is -3.80. The molecule has 0 spiro atoms. The van der Waals surface area contributed by atoms with Crippen LogP contribution in [0.15, 0.2) is 42.5 Å². The molecule has 7 nitrogen and oxygen atoms in total. The lowest BCUT2D eigenvalue weighted by atomic mass is 10.1. The second-order valence-electron chi connectivity index (χ2n) is 7.33. The molecular formula is C22H26Cl3N3O4S. The Labute approximate surface area is 209 Å². The third kappa shape index (κ3) is 7.50. The minimum Gasteiger partial charge on any atom is -0.355 e. The van der Waals surface area contributed by atoms with Crippen LogP contribution in [0.4, 0.5) is 5.69 Å². The first-order valence-electron chi connectivity index (χ1n) is 10.2. The number of halogens is 3. The number of sulfonamides is 1. The number of benzene rings is 2. The quantitative estimate of drug-likeness (QED) is 0.491. The van der Waals surface area contributed by atoms with Crippen molar-refractivity contribution in [3.8, 4) is 0 Å². The molecule has 0 saturated carbocycles. The van der Waals surface area contributed by atoms with Crippen LogP contribution in [0.1, 0.15) is 25.8 Å². The minimum absolute atomic E-state index is 0.0452. The molecule has 1 N–H and O–H groups in total. The normalized spacial score (nSPS) is 12.2. The molecule has 33 heavy (non-hydrogen) atoms. The van der Waals surface area contributed by atoms with Crippen LogP contribution >= 0.6 is 34.8 Å². The average Bonchev–Trinajstić information content (AvgIpc) is 2.74. The van der Waals surface area contributed by atoms with Crippen molar-refractivity contribution >= 4 is 62.3 Å². The van der Waals surface area contributed by atoms with E-state index in [-0.39, 0.29) is 18.1 Å². The summed E-state index contributed by atoms with van der Waals surface area (Å²) in [5.74, 6) is -0.870. The number of hydrogen-bond acceptors (Lipinski definition) is 4. The Balaban J connectivity index is 2.44. The minimum atomic E-state index is -3.80. The highest BCUT2D eigenvalue weighted by Crippen LogP contribution is 2.25. The van der Waals surface area contributed by atoms with E-state index in [2.05, 4.69) is 5.32 Å². The third-order valence-corrected chi connectivity index (χ3v) is 7.00. The molecule has 0 aromatic heterocycles. The Morgan fingerprint density at radius 2 is 1.64 bits per heavy atom. The van der Waals surface area contributed by atoms with Gasteiger partial charge in [-0.15, -0.1) is 0 Å². The highest BCUT2D eigenvalue weighted by molar-refractivity contribution is 7.92. The van der Waals surface area contributed by atoms with Crippen LogP contribution in [0, 0.1) is 0 Å². The van der Waals surface area contributed by atoms with E-state index in [0.29, 0.717) is 33.6 Å². The SMILES string of the molecule is CCNC(=O)C(CC)N(Cc1ccc(Cl)c(Cl)c1)C(=O)CN(c1ccc(Cl)cc1)S(C)(=O)=O. The smallest absolute Gasteiger partial charge is 0.244 e. The summed E-state index contributed by atoms with van der Waals surface area (Å²) in [5.41, 5.74) is 0.939. The first kappa shape index (κ1) is 27.2. The van der Waals surface area contributed by atoms with Crippen molar-refractivity contribution in [3.05, 3.63) is 63.1 Å². The van der Waals surface area contributed by atoms with E-state index in [9.17, 15) is 18.0 Å². The van der Waals surface area contributed by atoms with Crippen molar-refractivity contribution in [2.24, 2.45) is 0 Å². The van der Waals surface area contributed by atoms with Gasteiger partial charge in [-0.2, -0.15) is 0 Å². The van der Waals surface area contributed by atoms with Crippen molar-refractivity contribution in [1.29, 1.82) is 0 Å². The Hall–Kier alpha value is -2.00. The van der Waals surface area contributed by atoms with Gasteiger partial charge in [0.1, 0.15) is 12.6 Å². The topological polar surface area (TPSA) is 86.8 Å². The zero-order valence-electron chi connectivity index (χ0n) is 18.5. The summed E-state index contributed by atoms with van der Waals surface area (Å²) in [5, 5.41) is 3.84. The van der Waals surface area contributed by atoms with Crippen LogP contribution in [-0.2, 0) is 26.2 Å². The van der Waals surface area contributed by atoms with Crippen molar-refractivity contribution in [2.45, 2.75) is 32.9 Å². The Kier molecular flexibility index (Phi) is 9.84. The maximum atomic E-state index is 13.5. The van der Waals surface area contributed by atoms with Crippen LogP contribution in [0.25, 0.3) is 0 Å². The van der Waals surface area contributed by atoms with Crippen LogP contribution in [-0.4, -0.2) is 50.5 Å². The predicted molar refractivity (Wildman–Crippen MR) is 133 cm³/mol. The van der Waals surface area contributed by atoms with Gasteiger partial charge < -0.3 is 10.2 Å². The summed E-state index contributed by atoms with van der Waals surface area (Å²) < 4.78 is 26.0. The van der Waals surface area contributed by atoms with E-state index in [4.69, 9.17) is 34.8 Å². The fourth-order valence-corrected chi connectivity index (χ4v) is 4.56. The second kappa shape index (κ2) is 11.9. The average molecular weight is 535 g/mol. The van der Waals surface area contributed by atoms with E-state index in [1.165, 1.54) is 29.2 Å². The Morgan fingerprint density at radius 1 is 1.00 bits per heavy atom. The molecule has 1 unspecified atom stereocenters. The fraction of sp³-hybridized carbons (Fsp3) is 0.364. The van der Waals surface area contributed by atoms with Crippen LogP contribution in [0.3, 0.4) is 0 Å². The Morgan fingerprint density at radius 3 is 2.15 bits per heavy atom. The van der Waals surface area contributed by atoms with Gasteiger partial charge in [-0.25, -0.2) is 8.42 Å². The van der Waals surface area contributed by atoms with Gasteiger partial charge in [-0.3, -0.25) is 13.9 Å². The maximum absolute atomic E-state index is 13.5. The number of anilines is 1. The molecule has 2 aromatic carbocycles. The van der Waals surface area contributed by atoms with Crippen molar-refractivity contribution in [2.75, 3.05) is 23.7 Å². The number of rotatable bonds is 10. The molecule has 180 valence electrons. The van der Waals surface area contributed by atoms with Crippen molar-refractivity contribution in [3.63, 3.8) is 0 Å². The summed E-state index contributed by atoms with van der Waals surface area (Å²) in [6.45, 7) is 3.51. The third-order valence-electron chi connectivity index (χ3n) is 4.87. The number of carbonyl (C=O) groups is 2. The summed E-state index contributed by atoms with van der Waals surface area (Å²) in [6, 6.07) is 10.2. The molecule has 0 aliphatic rings. The monoisotopic (exact) mass is 533 g/mol. The molecule has 0 saturated heterocycles.